The highest BCUT2D eigenvalue weighted by Gasteiger charge is 1.90. The van der Waals surface area contributed by atoms with E-state index in [1.165, 1.54) is 0 Å². The van der Waals surface area contributed by atoms with Gasteiger partial charge >= 0.3 is 0 Å². The van der Waals surface area contributed by atoms with Crippen molar-refractivity contribution in [1.29, 1.82) is 0 Å². The maximum absolute atomic E-state index is 4.18. The van der Waals surface area contributed by atoms with Crippen molar-refractivity contribution in [2.45, 2.75) is 26.7 Å². The van der Waals surface area contributed by atoms with Crippen molar-refractivity contribution in [2.24, 2.45) is 4.99 Å². The van der Waals surface area contributed by atoms with Gasteiger partial charge in [-0.15, -0.1) is 0 Å². The van der Waals surface area contributed by atoms with E-state index in [2.05, 4.69) is 23.8 Å². The number of amidine groups is 1. The summed E-state index contributed by atoms with van der Waals surface area (Å²) in [6.07, 6.45) is 7.40. The summed E-state index contributed by atoms with van der Waals surface area (Å²) in [6, 6.07) is 0. The summed E-state index contributed by atoms with van der Waals surface area (Å²) in [5, 5.41) is 2.98. The molecule has 0 aliphatic rings. The van der Waals surface area contributed by atoms with E-state index < -0.39 is 0 Å². The van der Waals surface area contributed by atoms with Crippen LogP contribution in [-0.2, 0) is 0 Å². The fourth-order valence-electron chi connectivity index (χ4n) is 0.693. The third kappa shape index (κ3) is 5.40. The zero-order valence-corrected chi connectivity index (χ0v) is 7.30. The number of hydrogen-bond donors (Lipinski definition) is 1. The first-order chi connectivity index (χ1) is 5.35. The molecule has 0 saturated carbocycles. The predicted molar refractivity (Wildman–Crippen MR) is 50.5 cm³/mol. The molecule has 2 heteroatoms. The van der Waals surface area contributed by atoms with Crippen molar-refractivity contribution in [2.75, 3.05) is 0 Å². The van der Waals surface area contributed by atoms with Crippen LogP contribution in [0.1, 0.15) is 26.7 Å². The fraction of sp³-hybridized carbons (Fsp3) is 0.444. The predicted octanol–water partition coefficient (Wildman–Crippen LogP) is 2.45. The van der Waals surface area contributed by atoms with Gasteiger partial charge in [-0.2, -0.15) is 0 Å². The van der Waals surface area contributed by atoms with Gasteiger partial charge in [0.05, 0.1) is 0 Å². The van der Waals surface area contributed by atoms with Crippen molar-refractivity contribution in [3.8, 4) is 0 Å². The number of aliphatic imine (C=N–C) groups is 1. The number of hydrogen-bond acceptors (Lipinski definition) is 1. The Hall–Kier alpha value is -1.05. The van der Waals surface area contributed by atoms with Crippen LogP contribution in [0.4, 0.5) is 0 Å². The number of allylic oxidation sites excluding steroid dienone is 1. The minimum Gasteiger partial charge on any atom is -0.351 e. The molecular weight excluding hydrogens is 136 g/mol. The highest BCUT2D eigenvalue weighted by molar-refractivity contribution is 5.83. The second-order valence-corrected chi connectivity index (χ2v) is 2.16. The van der Waals surface area contributed by atoms with Gasteiger partial charge in [-0.3, -0.25) is 0 Å². The quantitative estimate of drug-likeness (QED) is 0.485. The average Bonchev–Trinajstić information content (AvgIpc) is 2.01. The first kappa shape index (κ1) is 9.95. The van der Waals surface area contributed by atoms with Crippen LogP contribution in [0.3, 0.4) is 0 Å². The summed E-state index contributed by atoms with van der Waals surface area (Å²) >= 11 is 0. The van der Waals surface area contributed by atoms with E-state index in [1.54, 1.807) is 12.4 Å². The molecule has 1 N–H and O–H groups in total. The second-order valence-electron chi connectivity index (χ2n) is 2.16. The van der Waals surface area contributed by atoms with E-state index in [4.69, 9.17) is 0 Å². The molecule has 0 aliphatic carbocycles. The molecule has 62 valence electrons. The molecule has 0 aromatic carbocycles. The molecule has 0 atom stereocenters. The van der Waals surface area contributed by atoms with Gasteiger partial charge in [-0.1, -0.05) is 19.6 Å². The second kappa shape index (κ2) is 7.06. The van der Waals surface area contributed by atoms with Crippen molar-refractivity contribution in [3.63, 3.8) is 0 Å². The Morgan fingerprint density at radius 3 is 2.82 bits per heavy atom. The summed E-state index contributed by atoms with van der Waals surface area (Å²) in [4.78, 5) is 4.18. The lowest BCUT2D eigenvalue weighted by atomic mass is 10.3. The van der Waals surface area contributed by atoms with Gasteiger partial charge in [0.25, 0.3) is 0 Å². The van der Waals surface area contributed by atoms with E-state index in [0.29, 0.717) is 0 Å². The standard InChI is InChI=1S/C9H16N2/c1-4-7-9(10-6-3)11-8-5-2/h5-6,8H,3-4,7H2,1-2H3,(H,10,11). The molecule has 0 radical (unpaired) electrons. The van der Waals surface area contributed by atoms with Crippen LogP contribution in [0, 0.1) is 0 Å². The van der Waals surface area contributed by atoms with Gasteiger partial charge in [-0.05, 0) is 19.5 Å². The molecule has 0 bridgehead atoms. The van der Waals surface area contributed by atoms with Gasteiger partial charge < -0.3 is 5.32 Å². The molecule has 0 heterocycles. The Kier molecular flexibility index (Phi) is 6.39. The summed E-state index contributed by atoms with van der Waals surface area (Å²) < 4.78 is 0. The molecule has 0 aliphatic heterocycles. The monoisotopic (exact) mass is 152 g/mol. The highest BCUT2D eigenvalue weighted by atomic mass is 15.0. The topological polar surface area (TPSA) is 24.4 Å². The first-order valence-electron chi connectivity index (χ1n) is 3.90. The molecule has 11 heavy (non-hydrogen) atoms. The summed E-state index contributed by atoms with van der Waals surface area (Å²) in [6.45, 7) is 7.64. The fourth-order valence-corrected chi connectivity index (χ4v) is 0.693. The third-order valence-corrected chi connectivity index (χ3v) is 1.13. The number of rotatable bonds is 4. The lowest BCUT2D eigenvalue weighted by Gasteiger charge is -2.01. The lowest BCUT2D eigenvalue weighted by Crippen LogP contribution is -2.15. The zero-order chi connectivity index (χ0) is 8.53. The summed E-state index contributed by atoms with van der Waals surface area (Å²) in [5.41, 5.74) is 0. The van der Waals surface area contributed by atoms with Gasteiger partial charge in [0.2, 0.25) is 0 Å². The minimum absolute atomic E-state index is 0.969. The van der Waals surface area contributed by atoms with Crippen molar-refractivity contribution < 1.29 is 0 Å². The van der Waals surface area contributed by atoms with Crippen LogP contribution in [0.15, 0.2) is 30.0 Å². The normalized spacial score (nSPS) is 12.0. The third-order valence-electron chi connectivity index (χ3n) is 1.13. The lowest BCUT2D eigenvalue weighted by molar-refractivity contribution is 0.958. The van der Waals surface area contributed by atoms with E-state index in [-0.39, 0.29) is 0 Å². The largest absolute Gasteiger partial charge is 0.351 e. The number of nitrogens with one attached hydrogen (secondary N) is 1. The van der Waals surface area contributed by atoms with E-state index in [0.717, 1.165) is 18.7 Å². The van der Waals surface area contributed by atoms with Gasteiger partial charge in [0.1, 0.15) is 5.84 Å². The molecule has 0 rings (SSSR count). The Bertz CT molecular complexity index is 157. The van der Waals surface area contributed by atoms with Crippen LogP contribution in [0.5, 0.6) is 0 Å². The Labute approximate surface area is 68.7 Å². The minimum atomic E-state index is 0.969. The first-order valence-corrected chi connectivity index (χ1v) is 3.90. The molecule has 0 amide bonds. The molecular formula is C9H16N2. The molecule has 0 unspecified atom stereocenters. The maximum Gasteiger partial charge on any atom is 0.105 e. The molecule has 0 saturated heterocycles. The average molecular weight is 152 g/mol. The molecule has 0 fully saturated rings. The van der Waals surface area contributed by atoms with Crippen molar-refractivity contribution >= 4 is 5.84 Å². The van der Waals surface area contributed by atoms with Gasteiger partial charge in [0, 0.05) is 12.6 Å². The zero-order valence-electron chi connectivity index (χ0n) is 7.30. The Balaban J connectivity index is 3.95. The van der Waals surface area contributed by atoms with Crippen molar-refractivity contribution in [1.82, 2.24) is 5.32 Å². The summed E-state index contributed by atoms with van der Waals surface area (Å²) in [5.74, 6) is 0.973. The van der Waals surface area contributed by atoms with E-state index in [1.807, 2.05) is 13.0 Å². The molecule has 0 aromatic rings. The van der Waals surface area contributed by atoms with Crippen molar-refractivity contribution in [3.05, 3.63) is 25.1 Å². The highest BCUT2D eigenvalue weighted by Crippen LogP contribution is 1.90. The smallest absolute Gasteiger partial charge is 0.105 e. The molecule has 2 nitrogen and oxygen atoms in total. The number of nitrogens with zero attached hydrogens (tertiary/aromatic N) is 1. The Morgan fingerprint density at radius 1 is 1.64 bits per heavy atom. The molecule has 0 spiro atoms. The van der Waals surface area contributed by atoms with E-state index in [9.17, 15) is 0 Å². The summed E-state index contributed by atoms with van der Waals surface area (Å²) in [7, 11) is 0. The van der Waals surface area contributed by atoms with Crippen LogP contribution < -0.4 is 5.32 Å². The van der Waals surface area contributed by atoms with Crippen LogP contribution in [0.25, 0.3) is 0 Å². The van der Waals surface area contributed by atoms with Crippen LogP contribution >= 0.6 is 0 Å². The maximum atomic E-state index is 4.18. The van der Waals surface area contributed by atoms with E-state index >= 15 is 0 Å². The van der Waals surface area contributed by atoms with Gasteiger partial charge in [0.15, 0.2) is 0 Å². The van der Waals surface area contributed by atoms with Crippen LogP contribution in [0.2, 0.25) is 0 Å². The molecule has 0 aromatic heterocycles. The van der Waals surface area contributed by atoms with Crippen LogP contribution in [-0.4, -0.2) is 5.84 Å². The Morgan fingerprint density at radius 2 is 2.36 bits per heavy atom. The SMILES string of the molecule is C=CNC(CCC)=NC=CC. The van der Waals surface area contributed by atoms with Gasteiger partial charge in [-0.25, -0.2) is 4.99 Å².